The number of carbonyl (C=O) groups is 1. The molecular weight excluding hydrogens is 314 g/mol. The number of hydrogen-bond donors (Lipinski definition) is 3. The molecule has 5 nitrogen and oxygen atoms in total. The Hall–Kier alpha value is -1.59. The van der Waals surface area contributed by atoms with E-state index in [-0.39, 0.29) is 12.1 Å². The molecule has 1 aliphatic rings. The Morgan fingerprint density at radius 1 is 1.28 bits per heavy atom. The van der Waals surface area contributed by atoms with Crippen molar-refractivity contribution in [2.75, 3.05) is 19.6 Å². The van der Waals surface area contributed by atoms with Gasteiger partial charge in [0.25, 0.3) is 0 Å². The lowest BCUT2D eigenvalue weighted by Gasteiger charge is -2.31. The van der Waals surface area contributed by atoms with E-state index in [4.69, 9.17) is 0 Å². The standard InChI is InChI=1S/C20H33N3O2/c1-5-23(6-2)16(11-14(3)4)13-21-20(25)22-19-17-10-8-7-9-15(17)12-18(19)24/h7-10,14,16,18-19,24H,5-6,11-13H2,1-4H3,(H2,21,22,25)/t16?,18-,19+/m0/s1. The number of amides is 2. The van der Waals surface area contributed by atoms with E-state index in [2.05, 4.69) is 43.2 Å². The van der Waals surface area contributed by atoms with Gasteiger partial charge in [-0.2, -0.15) is 0 Å². The quantitative estimate of drug-likeness (QED) is 0.677. The summed E-state index contributed by atoms with van der Waals surface area (Å²) in [6.45, 7) is 11.3. The fraction of sp³-hybridized carbons (Fsp3) is 0.650. The molecule has 1 aromatic carbocycles. The smallest absolute Gasteiger partial charge is 0.315 e. The Labute approximate surface area is 151 Å². The third-order valence-electron chi connectivity index (χ3n) is 5.06. The average Bonchev–Trinajstić information content (AvgIpc) is 2.89. The predicted molar refractivity (Wildman–Crippen MR) is 102 cm³/mol. The minimum atomic E-state index is -0.558. The van der Waals surface area contributed by atoms with Gasteiger partial charge in [-0.1, -0.05) is 52.0 Å². The third kappa shape index (κ3) is 5.19. The number of nitrogens with one attached hydrogen (secondary N) is 2. The first-order chi connectivity index (χ1) is 12.0. The third-order valence-corrected chi connectivity index (χ3v) is 5.06. The Kier molecular flexibility index (Phi) is 7.26. The normalized spacial score (nSPS) is 20.6. The monoisotopic (exact) mass is 347 g/mol. The van der Waals surface area contributed by atoms with E-state index in [1.54, 1.807) is 0 Å². The Balaban J connectivity index is 1.93. The van der Waals surface area contributed by atoms with Crippen molar-refractivity contribution in [2.45, 2.75) is 58.7 Å². The molecule has 5 heteroatoms. The Morgan fingerprint density at radius 3 is 2.60 bits per heavy atom. The topological polar surface area (TPSA) is 64.6 Å². The van der Waals surface area contributed by atoms with E-state index in [1.165, 1.54) is 0 Å². The van der Waals surface area contributed by atoms with Gasteiger partial charge in [-0.3, -0.25) is 4.90 Å². The fourth-order valence-corrected chi connectivity index (χ4v) is 3.80. The maximum Gasteiger partial charge on any atom is 0.315 e. The molecule has 0 radical (unpaired) electrons. The van der Waals surface area contributed by atoms with Crippen molar-refractivity contribution in [2.24, 2.45) is 5.92 Å². The van der Waals surface area contributed by atoms with Gasteiger partial charge in [-0.15, -0.1) is 0 Å². The summed E-state index contributed by atoms with van der Waals surface area (Å²) in [6.07, 6.45) is 1.09. The van der Waals surface area contributed by atoms with Gasteiger partial charge in [-0.25, -0.2) is 4.79 Å². The molecule has 3 N–H and O–H groups in total. The van der Waals surface area contributed by atoms with Gasteiger partial charge in [0.1, 0.15) is 0 Å². The lowest BCUT2D eigenvalue weighted by molar-refractivity contribution is 0.141. The van der Waals surface area contributed by atoms with Crippen molar-refractivity contribution in [3.8, 4) is 0 Å². The summed E-state index contributed by atoms with van der Waals surface area (Å²) in [5.41, 5.74) is 2.13. The van der Waals surface area contributed by atoms with Crippen molar-refractivity contribution < 1.29 is 9.90 Å². The summed E-state index contributed by atoms with van der Waals surface area (Å²) in [5, 5.41) is 16.2. The molecule has 3 atom stereocenters. The molecule has 140 valence electrons. The number of rotatable bonds is 8. The van der Waals surface area contributed by atoms with Crippen LogP contribution in [0.5, 0.6) is 0 Å². The van der Waals surface area contributed by atoms with Gasteiger partial charge in [0.2, 0.25) is 0 Å². The minimum absolute atomic E-state index is 0.207. The van der Waals surface area contributed by atoms with Crippen LogP contribution < -0.4 is 10.6 Å². The number of aliphatic hydroxyl groups excluding tert-OH is 1. The van der Waals surface area contributed by atoms with Crippen molar-refractivity contribution >= 4 is 6.03 Å². The summed E-state index contributed by atoms with van der Waals surface area (Å²) >= 11 is 0. The second-order valence-corrected chi connectivity index (χ2v) is 7.31. The highest BCUT2D eigenvalue weighted by Gasteiger charge is 2.32. The number of carbonyl (C=O) groups excluding carboxylic acids is 1. The van der Waals surface area contributed by atoms with Gasteiger partial charge in [0.05, 0.1) is 12.1 Å². The summed E-state index contributed by atoms with van der Waals surface area (Å²) < 4.78 is 0. The van der Waals surface area contributed by atoms with Crippen LogP contribution >= 0.6 is 0 Å². The number of urea groups is 1. The number of aliphatic hydroxyl groups is 1. The summed E-state index contributed by atoms with van der Waals surface area (Å²) in [6, 6.07) is 7.71. The Bertz CT molecular complexity index is 558. The van der Waals surface area contributed by atoms with Crippen LogP contribution in [0.1, 0.15) is 51.3 Å². The molecule has 0 bridgehead atoms. The van der Waals surface area contributed by atoms with Crippen LogP contribution in [-0.2, 0) is 6.42 Å². The highest BCUT2D eigenvalue weighted by molar-refractivity contribution is 5.74. The maximum absolute atomic E-state index is 12.4. The second-order valence-electron chi connectivity index (χ2n) is 7.31. The Morgan fingerprint density at radius 2 is 1.96 bits per heavy atom. The zero-order valence-corrected chi connectivity index (χ0v) is 16.0. The molecule has 1 aliphatic carbocycles. The van der Waals surface area contributed by atoms with Gasteiger partial charge in [0, 0.05) is 19.0 Å². The van der Waals surface area contributed by atoms with Crippen LogP contribution in [0.2, 0.25) is 0 Å². The SMILES string of the molecule is CCN(CC)C(CNC(=O)N[C@@H]1c2ccccc2C[C@@H]1O)CC(C)C. The maximum atomic E-state index is 12.4. The van der Waals surface area contributed by atoms with E-state index < -0.39 is 6.10 Å². The van der Waals surface area contributed by atoms with Crippen LogP contribution in [-0.4, -0.2) is 47.8 Å². The summed E-state index contributed by atoms with van der Waals surface area (Å²) in [7, 11) is 0. The molecule has 1 aromatic rings. The van der Waals surface area contributed by atoms with Crippen molar-refractivity contribution in [1.29, 1.82) is 0 Å². The fourth-order valence-electron chi connectivity index (χ4n) is 3.80. The minimum Gasteiger partial charge on any atom is -0.390 e. The molecule has 0 saturated heterocycles. The van der Waals surface area contributed by atoms with Crippen molar-refractivity contribution in [3.05, 3.63) is 35.4 Å². The zero-order valence-electron chi connectivity index (χ0n) is 16.0. The van der Waals surface area contributed by atoms with Gasteiger partial charge in [-0.05, 0) is 36.6 Å². The van der Waals surface area contributed by atoms with E-state index >= 15 is 0 Å². The van der Waals surface area contributed by atoms with E-state index in [0.29, 0.717) is 24.9 Å². The second kappa shape index (κ2) is 9.20. The molecule has 25 heavy (non-hydrogen) atoms. The molecule has 0 spiro atoms. The van der Waals surface area contributed by atoms with Crippen LogP contribution in [0.25, 0.3) is 0 Å². The largest absolute Gasteiger partial charge is 0.390 e. The molecule has 2 amide bonds. The molecule has 0 saturated carbocycles. The highest BCUT2D eigenvalue weighted by atomic mass is 16.3. The first kappa shape index (κ1) is 19.7. The van der Waals surface area contributed by atoms with E-state index in [9.17, 15) is 9.90 Å². The number of benzene rings is 1. The molecule has 0 heterocycles. The van der Waals surface area contributed by atoms with E-state index in [1.807, 2.05) is 24.3 Å². The van der Waals surface area contributed by atoms with E-state index in [0.717, 1.165) is 30.6 Å². The van der Waals surface area contributed by atoms with Gasteiger partial charge in [0.15, 0.2) is 0 Å². The van der Waals surface area contributed by atoms with Crippen LogP contribution in [0.15, 0.2) is 24.3 Å². The number of fused-ring (bicyclic) bond motifs is 1. The number of likely N-dealkylation sites (N-methyl/N-ethyl adjacent to an activating group) is 1. The lowest BCUT2D eigenvalue weighted by Crippen LogP contribution is -2.48. The van der Waals surface area contributed by atoms with Crippen LogP contribution in [0.4, 0.5) is 4.79 Å². The molecule has 0 fully saturated rings. The molecular formula is C20H33N3O2. The zero-order chi connectivity index (χ0) is 18.4. The first-order valence-corrected chi connectivity index (χ1v) is 9.50. The van der Waals surface area contributed by atoms with Crippen LogP contribution in [0.3, 0.4) is 0 Å². The number of hydrogen-bond acceptors (Lipinski definition) is 3. The molecule has 2 rings (SSSR count). The summed E-state index contributed by atoms with van der Waals surface area (Å²) in [5.74, 6) is 0.582. The van der Waals surface area contributed by atoms with Crippen LogP contribution in [0, 0.1) is 5.92 Å². The van der Waals surface area contributed by atoms with Gasteiger partial charge >= 0.3 is 6.03 Å². The molecule has 0 aliphatic heterocycles. The predicted octanol–water partition coefficient (Wildman–Crippen LogP) is 2.70. The number of nitrogens with zero attached hydrogens (tertiary/aromatic N) is 1. The van der Waals surface area contributed by atoms with Crippen molar-refractivity contribution in [3.63, 3.8) is 0 Å². The molecule has 1 unspecified atom stereocenters. The van der Waals surface area contributed by atoms with Crippen molar-refractivity contribution in [1.82, 2.24) is 15.5 Å². The van der Waals surface area contributed by atoms with Gasteiger partial charge < -0.3 is 15.7 Å². The lowest BCUT2D eigenvalue weighted by atomic mass is 10.0. The highest BCUT2D eigenvalue weighted by Crippen LogP contribution is 2.31. The average molecular weight is 348 g/mol. The first-order valence-electron chi connectivity index (χ1n) is 9.50. The molecule has 0 aromatic heterocycles. The summed E-state index contributed by atoms with van der Waals surface area (Å²) in [4.78, 5) is 14.8.